The predicted octanol–water partition coefficient (Wildman–Crippen LogP) is 1.47. The van der Waals surface area contributed by atoms with Crippen LogP contribution >= 0.6 is 0 Å². The molecule has 1 aromatic carbocycles. The molecule has 2 N–H and O–H groups in total. The van der Waals surface area contributed by atoms with Gasteiger partial charge in [-0.1, -0.05) is 0 Å². The molecule has 102 valence electrons. The van der Waals surface area contributed by atoms with Crippen LogP contribution in [0.1, 0.15) is 5.56 Å². The van der Waals surface area contributed by atoms with Crippen LogP contribution in [0.4, 0.5) is 5.69 Å². The van der Waals surface area contributed by atoms with E-state index in [4.69, 9.17) is 8.74 Å². The number of benzene rings is 1. The summed E-state index contributed by atoms with van der Waals surface area (Å²) in [6, 6.07) is 3.32. The van der Waals surface area contributed by atoms with Gasteiger partial charge in [0, 0.05) is 12.6 Å². The third kappa shape index (κ3) is 1.99. The maximum atomic E-state index is 11.0. The number of H-pyrrole nitrogens is 1. The maximum absolute atomic E-state index is 11.0. The monoisotopic (exact) mass is 283 g/mol. The Morgan fingerprint density at radius 3 is 2.79 bits per heavy atom. The van der Waals surface area contributed by atoms with Gasteiger partial charge in [0.05, 0.1) is 31.5 Å². The van der Waals surface area contributed by atoms with Gasteiger partial charge in [0.15, 0.2) is 5.69 Å². The van der Waals surface area contributed by atoms with Crippen molar-refractivity contribution in [2.45, 2.75) is 6.42 Å². The molecule has 0 fully saturated rings. The van der Waals surface area contributed by atoms with Gasteiger partial charge in [0.25, 0.3) is 0 Å². The number of aromatic nitrogens is 1. The number of quaternary nitrogens is 1. The average molecular weight is 283 g/mol. The first-order chi connectivity index (χ1) is 8.78. The Balaban J connectivity index is 2.33. The Bertz CT molecular complexity index is 761. The molecule has 1 aliphatic rings. The summed E-state index contributed by atoms with van der Waals surface area (Å²) in [5.41, 5.74) is 2.86. The fraction of sp³-hybridized carbons (Fsp3) is 0.333. The van der Waals surface area contributed by atoms with Gasteiger partial charge in [-0.25, -0.2) is 0 Å². The minimum absolute atomic E-state index is 0.181. The summed E-state index contributed by atoms with van der Waals surface area (Å²) in [4.78, 5) is 3.17. The molecule has 6 nitrogen and oxygen atoms in total. The van der Waals surface area contributed by atoms with E-state index in [-0.39, 0.29) is 5.75 Å². The van der Waals surface area contributed by atoms with E-state index < -0.39 is 10.4 Å². The summed E-state index contributed by atoms with van der Waals surface area (Å²) in [6.07, 6.45) is 2.85. The Hall–Kier alpha value is -1.57. The van der Waals surface area contributed by atoms with E-state index in [0.29, 0.717) is 4.48 Å². The lowest BCUT2D eigenvalue weighted by Gasteiger charge is -2.34. The van der Waals surface area contributed by atoms with Crippen molar-refractivity contribution in [3.8, 4) is 5.75 Å². The zero-order valence-corrected chi connectivity index (χ0v) is 11.5. The van der Waals surface area contributed by atoms with E-state index in [0.717, 1.165) is 35.1 Å². The highest BCUT2D eigenvalue weighted by Gasteiger charge is 2.34. The second-order valence-corrected chi connectivity index (χ2v) is 6.34. The zero-order valence-electron chi connectivity index (χ0n) is 10.7. The summed E-state index contributed by atoms with van der Waals surface area (Å²) >= 11 is 0. The molecular formula is C12H15N2O4S+. The van der Waals surface area contributed by atoms with E-state index in [9.17, 15) is 8.42 Å². The van der Waals surface area contributed by atoms with Crippen LogP contribution in [-0.4, -0.2) is 38.6 Å². The van der Waals surface area contributed by atoms with Crippen molar-refractivity contribution in [3.63, 3.8) is 0 Å². The average Bonchev–Trinajstić information content (AvgIpc) is 2.66. The van der Waals surface area contributed by atoms with Gasteiger partial charge < -0.3 is 9.17 Å². The highest BCUT2D eigenvalue weighted by atomic mass is 32.3. The number of rotatable bonds is 2. The Morgan fingerprint density at radius 1 is 1.37 bits per heavy atom. The fourth-order valence-electron chi connectivity index (χ4n) is 2.75. The van der Waals surface area contributed by atoms with Crippen molar-refractivity contribution in [2.24, 2.45) is 0 Å². The molecule has 2 heterocycles. The third-order valence-electron chi connectivity index (χ3n) is 3.60. The smallest absolute Gasteiger partial charge is 0.361 e. The molecule has 2 aromatic rings. The second kappa shape index (κ2) is 3.72. The molecule has 0 aliphatic carbocycles. The second-order valence-electron chi connectivity index (χ2n) is 5.32. The third-order valence-corrected chi connectivity index (χ3v) is 3.99. The number of nitrogens with zero attached hydrogens (tertiary/aromatic N) is 1. The van der Waals surface area contributed by atoms with Crippen molar-refractivity contribution < 1.29 is 17.2 Å². The number of hydrogen-bond donors (Lipinski definition) is 2. The Labute approximate surface area is 111 Å². The van der Waals surface area contributed by atoms with Crippen molar-refractivity contribution in [1.29, 1.82) is 0 Å². The predicted molar refractivity (Wildman–Crippen MR) is 72.7 cm³/mol. The lowest BCUT2D eigenvalue weighted by molar-refractivity contribution is 0.364. The molecule has 0 spiro atoms. The Morgan fingerprint density at radius 2 is 2.11 bits per heavy atom. The lowest BCUT2D eigenvalue weighted by atomic mass is 10.0. The van der Waals surface area contributed by atoms with Crippen LogP contribution in [0.5, 0.6) is 5.75 Å². The number of likely N-dealkylation sites (N-methyl/N-ethyl adjacent to an activating group) is 1. The van der Waals surface area contributed by atoms with Crippen molar-refractivity contribution in [3.05, 3.63) is 23.9 Å². The van der Waals surface area contributed by atoms with Crippen molar-refractivity contribution >= 4 is 27.0 Å². The van der Waals surface area contributed by atoms with Gasteiger partial charge in [0.2, 0.25) is 5.75 Å². The van der Waals surface area contributed by atoms with Crippen LogP contribution in [0.15, 0.2) is 18.3 Å². The fourth-order valence-corrected chi connectivity index (χ4v) is 3.11. The van der Waals surface area contributed by atoms with E-state index >= 15 is 0 Å². The lowest BCUT2D eigenvalue weighted by Crippen LogP contribution is -2.44. The number of aromatic amines is 1. The molecule has 0 amide bonds. The van der Waals surface area contributed by atoms with E-state index in [1.165, 1.54) is 0 Å². The van der Waals surface area contributed by atoms with Crippen molar-refractivity contribution in [2.75, 3.05) is 20.6 Å². The summed E-state index contributed by atoms with van der Waals surface area (Å²) in [7, 11) is -0.545. The Kier molecular flexibility index (Phi) is 2.44. The van der Waals surface area contributed by atoms with Crippen LogP contribution in [0.2, 0.25) is 0 Å². The SMILES string of the molecule is C[N+]1(C)CCc2c[nH]c3ccc(OS(=O)(=O)O)c1c23. The van der Waals surface area contributed by atoms with E-state index in [1.807, 2.05) is 20.3 Å². The molecule has 0 saturated heterocycles. The first-order valence-corrected chi connectivity index (χ1v) is 7.28. The first-order valence-electron chi connectivity index (χ1n) is 5.91. The summed E-state index contributed by atoms with van der Waals surface area (Å²) in [6.45, 7) is 0.839. The van der Waals surface area contributed by atoms with Crippen LogP contribution in [0.3, 0.4) is 0 Å². The minimum atomic E-state index is -4.52. The molecule has 0 unspecified atom stereocenters. The largest absolute Gasteiger partial charge is 0.446 e. The molecule has 19 heavy (non-hydrogen) atoms. The molecule has 7 heteroatoms. The molecule has 0 bridgehead atoms. The van der Waals surface area contributed by atoms with E-state index in [1.54, 1.807) is 12.1 Å². The molecule has 0 saturated carbocycles. The normalized spacial score (nSPS) is 17.6. The van der Waals surface area contributed by atoms with Crippen LogP contribution < -0.4 is 8.67 Å². The van der Waals surface area contributed by atoms with Gasteiger partial charge in [0.1, 0.15) is 0 Å². The van der Waals surface area contributed by atoms with Gasteiger partial charge >= 0.3 is 10.4 Å². The van der Waals surface area contributed by atoms with Crippen LogP contribution in [0, 0.1) is 0 Å². The quantitative estimate of drug-likeness (QED) is 0.646. The van der Waals surface area contributed by atoms with Crippen LogP contribution in [0.25, 0.3) is 10.9 Å². The molecule has 1 aliphatic heterocycles. The molecular weight excluding hydrogens is 268 g/mol. The topological polar surface area (TPSA) is 79.4 Å². The molecule has 3 rings (SSSR count). The van der Waals surface area contributed by atoms with Crippen LogP contribution in [-0.2, 0) is 16.8 Å². The maximum Gasteiger partial charge on any atom is 0.446 e. The summed E-state index contributed by atoms with van der Waals surface area (Å²) in [5, 5.41) is 0.984. The molecule has 1 aromatic heterocycles. The van der Waals surface area contributed by atoms with Gasteiger partial charge in [-0.15, -0.1) is 0 Å². The zero-order chi connectivity index (χ0) is 13.8. The standard InChI is InChI=1S/C12H14N2O4S/c1-14(2)6-5-8-7-13-9-3-4-10(12(14)11(8)9)18-19(15,16)17/h3-4,7,13H,5-6H2,1-2H3/p+1. The van der Waals surface area contributed by atoms with E-state index in [2.05, 4.69) is 4.98 Å². The summed E-state index contributed by atoms with van der Waals surface area (Å²) in [5.74, 6) is 0.181. The van der Waals surface area contributed by atoms with Gasteiger partial charge in [-0.3, -0.25) is 9.04 Å². The molecule has 0 atom stereocenters. The number of nitrogens with one attached hydrogen (secondary N) is 1. The molecule has 0 radical (unpaired) electrons. The van der Waals surface area contributed by atoms with Gasteiger partial charge in [-0.05, 0) is 17.7 Å². The number of hydrogen-bond acceptors (Lipinski definition) is 3. The minimum Gasteiger partial charge on any atom is -0.361 e. The van der Waals surface area contributed by atoms with Crippen molar-refractivity contribution in [1.82, 2.24) is 9.47 Å². The highest BCUT2D eigenvalue weighted by molar-refractivity contribution is 7.81. The van der Waals surface area contributed by atoms with Gasteiger partial charge in [-0.2, -0.15) is 8.42 Å². The highest BCUT2D eigenvalue weighted by Crippen LogP contribution is 2.43. The summed E-state index contributed by atoms with van der Waals surface area (Å²) < 4.78 is 36.1. The first kappa shape index (κ1) is 12.5.